The van der Waals surface area contributed by atoms with Crippen molar-refractivity contribution >= 4 is 17.7 Å². The van der Waals surface area contributed by atoms with Gasteiger partial charge in [0.15, 0.2) is 0 Å². The molecule has 1 fully saturated rings. The van der Waals surface area contributed by atoms with Crippen molar-refractivity contribution < 1.29 is 13.9 Å². The third-order valence-corrected chi connectivity index (χ3v) is 4.97. The number of esters is 1. The first kappa shape index (κ1) is 16.3. The van der Waals surface area contributed by atoms with E-state index >= 15 is 0 Å². The molecular formula is C16H22FNO2S. The number of carbonyl (C=O) groups excluding carboxylic acids is 1. The lowest BCUT2D eigenvalue weighted by Gasteiger charge is -2.30. The summed E-state index contributed by atoms with van der Waals surface area (Å²) in [7, 11) is 1.43. The molecule has 0 bridgehead atoms. The summed E-state index contributed by atoms with van der Waals surface area (Å²) in [5.74, 6) is -0.420. The molecule has 0 aliphatic heterocycles. The molecule has 2 unspecified atom stereocenters. The molecule has 1 aliphatic rings. The normalized spacial score (nSPS) is 25.3. The van der Waals surface area contributed by atoms with E-state index in [4.69, 9.17) is 4.74 Å². The van der Waals surface area contributed by atoms with Crippen LogP contribution in [-0.2, 0) is 9.53 Å². The summed E-state index contributed by atoms with van der Waals surface area (Å²) in [6.07, 6.45) is 2.37. The van der Waals surface area contributed by atoms with Crippen molar-refractivity contribution in [1.29, 1.82) is 0 Å². The summed E-state index contributed by atoms with van der Waals surface area (Å²) >= 11 is 1.63. The first-order valence-corrected chi connectivity index (χ1v) is 8.11. The van der Waals surface area contributed by atoms with Gasteiger partial charge in [0.25, 0.3) is 0 Å². The van der Waals surface area contributed by atoms with Crippen LogP contribution in [0.3, 0.4) is 0 Å². The van der Waals surface area contributed by atoms with Crippen molar-refractivity contribution in [3.63, 3.8) is 0 Å². The van der Waals surface area contributed by atoms with Gasteiger partial charge in [-0.15, -0.1) is 11.8 Å². The van der Waals surface area contributed by atoms with Crippen LogP contribution in [0, 0.1) is 5.82 Å². The maximum absolute atomic E-state index is 13.2. The van der Waals surface area contributed by atoms with Crippen LogP contribution >= 0.6 is 11.8 Å². The topological polar surface area (TPSA) is 38.3 Å². The molecule has 0 saturated heterocycles. The van der Waals surface area contributed by atoms with Crippen molar-refractivity contribution in [1.82, 2.24) is 5.32 Å². The highest BCUT2D eigenvalue weighted by molar-refractivity contribution is 8.00. The first-order chi connectivity index (χ1) is 9.95. The Morgan fingerprint density at radius 2 is 2.29 bits per heavy atom. The van der Waals surface area contributed by atoms with Crippen molar-refractivity contribution in [2.45, 2.75) is 54.8 Å². The van der Waals surface area contributed by atoms with E-state index in [1.54, 1.807) is 23.9 Å². The number of benzene rings is 1. The van der Waals surface area contributed by atoms with Gasteiger partial charge >= 0.3 is 5.97 Å². The molecule has 2 rings (SSSR count). The van der Waals surface area contributed by atoms with Gasteiger partial charge in [-0.1, -0.05) is 6.07 Å². The standard InChI is InChI=1S/C16H22FNO2S/c1-11(2)18-16(15(19)20-3)8-7-14(10-16)21-13-6-4-5-12(17)9-13/h4-6,9,11,14,18H,7-8,10H2,1-3H3. The average Bonchev–Trinajstić information content (AvgIpc) is 2.81. The molecule has 0 amide bonds. The summed E-state index contributed by atoms with van der Waals surface area (Å²) < 4.78 is 18.2. The zero-order chi connectivity index (χ0) is 15.5. The number of thioether (sulfide) groups is 1. The van der Waals surface area contributed by atoms with Gasteiger partial charge in [-0.2, -0.15) is 0 Å². The van der Waals surface area contributed by atoms with Gasteiger partial charge in [-0.05, 0) is 51.3 Å². The van der Waals surface area contributed by atoms with E-state index in [0.717, 1.165) is 17.7 Å². The Morgan fingerprint density at radius 3 is 2.90 bits per heavy atom. The molecule has 0 radical (unpaired) electrons. The van der Waals surface area contributed by atoms with Crippen LogP contribution in [-0.4, -0.2) is 29.9 Å². The Kier molecular flexibility index (Phi) is 5.27. The summed E-state index contributed by atoms with van der Waals surface area (Å²) in [4.78, 5) is 13.1. The number of hydrogen-bond acceptors (Lipinski definition) is 4. The van der Waals surface area contributed by atoms with Crippen LogP contribution in [0.25, 0.3) is 0 Å². The quantitative estimate of drug-likeness (QED) is 0.846. The van der Waals surface area contributed by atoms with Crippen molar-refractivity contribution in [2.75, 3.05) is 7.11 Å². The van der Waals surface area contributed by atoms with E-state index < -0.39 is 5.54 Å². The molecule has 1 saturated carbocycles. The summed E-state index contributed by atoms with van der Waals surface area (Å²) in [6.45, 7) is 4.05. The zero-order valence-corrected chi connectivity index (χ0v) is 13.5. The number of rotatable bonds is 5. The molecule has 1 aromatic rings. The molecule has 1 aliphatic carbocycles. The fourth-order valence-electron chi connectivity index (χ4n) is 2.96. The summed E-state index contributed by atoms with van der Waals surface area (Å²) in [5.41, 5.74) is -0.603. The zero-order valence-electron chi connectivity index (χ0n) is 12.7. The Balaban J connectivity index is 2.07. The molecule has 0 spiro atoms. The molecular weight excluding hydrogens is 289 g/mol. The largest absolute Gasteiger partial charge is 0.468 e. The number of halogens is 1. The molecule has 1 aromatic carbocycles. The predicted octanol–water partition coefficient (Wildman–Crippen LogP) is 3.38. The second kappa shape index (κ2) is 6.79. The molecule has 116 valence electrons. The highest BCUT2D eigenvalue weighted by Crippen LogP contribution is 2.41. The highest BCUT2D eigenvalue weighted by atomic mass is 32.2. The Bertz CT molecular complexity index is 509. The van der Waals surface area contributed by atoms with Gasteiger partial charge in [0, 0.05) is 16.2 Å². The molecule has 21 heavy (non-hydrogen) atoms. The van der Waals surface area contributed by atoms with Crippen LogP contribution in [0.2, 0.25) is 0 Å². The SMILES string of the molecule is COC(=O)C1(NC(C)C)CCC(Sc2cccc(F)c2)C1. The predicted molar refractivity (Wildman–Crippen MR) is 82.9 cm³/mol. The van der Waals surface area contributed by atoms with Crippen LogP contribution in [0.1, 0.15) is 33.1 Å². The lowest BCUT2D eigenvalue weighted by Crippen LogP contribution is -2.53. The van der Waals surface area contributed by atoms with E-state index in [1.807, 2.05) is 19.9 Å². The first-order valence-electron chi connectivity index (χ1n) is 7.23. The Morgan fingerprint density at radius 1 is 1.52 bits per heavy atom. The van der Waals surface area contributed by atoms with Gasteiger partial charge in [0.05, 0.1) is 7.11 Å². The maximum Gasteiger partial charge on any atom is 0.326 e. The second-order valence-corrected chi connectivity index (χ2v) is 7.19. The second-order valence-electron chi connectivity index (χ2n) is 5.81. The van der Waals surface area contributed by atoms with Gasteiger partial charge in [-0.3, -0.25) is 10.1 Å². The number of hydrogen-bond donors (Lipinski definition) is 1. The van der Waals surface area contributed by atoms with Gasteiger partial charge in [0.2, 0.25) is 0 Å². The average molecular weight is 311 g/mol. The lowest BCUT2D eigenvalue weighted by molar-refractivity contribution is -0.148. The molecule has 3 nitrogen and oxygen atoms in total. The van der Waals surface area contributed by atoms with E-state index in [1.165, 1.54) is 13.2 Å². The van der Waals surface area contributed by atoms with Gasteiger partial charge in [-0.25, -0.2) is 4.39 Å². The van der Waals surface area contributed by atoms with E-state index in [9.17, 15) is 9.18 Å². The minimum Gasteiger partial charge on any atom is -0.468 e. The molecule has 1 N–H and O–H groups in total. The van der Waals surface area contributed by atoms with Gasteiger partial charge in [0.1, 0.15) is 11.4 Å². The third-order valence-electron chi connectivity index (χ3n) is 3.71. The van der Waals surface area contributed by atoms with Crippen LogP contribution < -0.4 is 5.32 Å². The summed E-state index contributed by atoms with van der Waals surface area (Å²) in [5, 5.41) is 3.66. The number of ether oxygens (including phenoxy) is 1. The Labute approximate surface area is 129 Å². The highest BCUT2D eigenvalue weighted by Gasteiger charge is 2.46. The lowest BCUT2D eigenvalue weighted by atomic mass is 9.96. The molecule has 5 heteroatoms. The Hall–Kier alpha value is -1.07. The smallest absolute Gasteiger partial charge is 0.326 e. The monoisotopic (exact) mass is 311 g/mol. The summed E-state index contributed by atoms with van der Waals surface area (Å²) in [6, 6.07) is 6.81. The van der Waals surface area contributed by atoms with Crippen molar-refractivity contribution in [2.24, 2.45) is 0 Å². The number of nitrogens with one attached hydrogen (secondary N) is 1. The fourth-order valence-corrected chi connectivity index (χ4v) is 4.28. The fraction of sp³-hybridized carbons (Fsp3) is 0.562. The van der Waals surface area contributed by atoms with E-state index in [0.29, 0.717) is 6.42 Å². The molecule has 0 aromatic heterocycles. The molecule has 0 heterocycles. The van der Waals surface area contributed by atoms with Crippen molar-refractivity contribution in [3.8, 4) is 0 Å². The van der Waals surface area contributed by atoms with Crippen LogP contribution in [0.15, 0.2) is 29.2 Å². The van der Waals surface area contributed by atoms with E-state index in [-0.39, 0.29) is 23.1 Å². The maximum atomic E-state index is 13.2. The minimum absolute atomic E-state index is 0.196. The molecule has 2 atom stereocenters. The van der Waals surface area contributed by atoms with Crippen LogP contribution in [0.4, 0.5) is 4.39 Å². The van der Waals surface area contributed by atoms with Crippen molar-refractivity contribution in [3.05, 3.63) is 30.1 Å². The number of carbonyl (C=O) groups is 1. The van der Waals surface area contributed by atoms with Gasteiger partial charge < -0.3 is 4.74 Å². The number of methoxy groups -OCH3 is 1. The van der Waals surface area contributed by atoms with Crippen LogP contribution in [0.5, 0.6) is 0 Å². The third kappa shape index (κ3) is 3.98. The van der Waals surface area contributed by atoms with E-state index in [2.05, 4.69) is 5.32 Å². The minimum atomic E-state index is -0.603.